The highest BCUT2D eigenvalue weighted by Crippen LogP contribution is 2.13. The van der Waals surface area contributed by atoms with Crippen LogP contribution in [0.4, 0.5) is 0 Å². The smallest absolute Gasteiger partial charge is 0.326 e. The van der Waals surface area contributed by atoms with E-state index in [2.05, 4.69) is 5.32 Å². The van der Waals surface area contributed by atoms with Crippen molar-refractivity contribution in [2.45, 2.75) is 38.0 Å². The quantitative estimate of drug-likeness (QED) is 0.641. The first-order valence-corrected chi connectivity index (χ1v) is 6.42. The van der Waals surface area contributed by atoms with Crippen molar-refractivity contribution >= 4 is 11.9 Å². The number of aliphatic hydroxyl groups is 1. The molecule has 1 heterocycles. The lowest BCUT2D eigenvalue weighted by atomic mass is 10.0. The molecule has 1 saturated heterocycles. The summed E-state index contributed by atoms with van der Waals surface area (Å²) >= 11 is 0. The van der Waals surface area contributed by atoms with Crippen molar-refractivity contribution < 1.29 is 19.8 Å². The summed E-state index contributed by atoms with van der Waals surface area (Å²) in [6.45, 7) is 1.79. The number of carbonyl (C=O) groups excluding carboxylic acids is 1. The van der Waals surface area contributed by atoms with Gasteiger partial charge in [-0.3, -0.25) is 4.79 Å². The van der Waals surface area contributed by atoms with Gasteiger partial charge < -0.3 is 21.3 Å². The Bertz CT molecular complexity index is 448. The number of carbonyl (C=O) groups is 2. The molecule has 0 bridgehead atoms. The third-order valence-electron chi connectivity index (χ3n) is 2.93. The van der Waals surface area contributed by atoms with Gasteiger partial charge in [0.1, 0.15) is 6.04 Å². The van der Waals surface area contributed by atoms with E-state index in [1.807, 2.05) is 30.3 Å². The first-order valence-electron chi connectivity index (χ1n) is 6.42. The molecule has 0 spiro atoms. The SMILES string of the molecule is CC(N)C(O)c1ccccc1.O=C1CC[C@@H](C(=O)O)N1. The van der Waals surface area contributed by atoms with E-state index in [1.165, 1.54) is 0 Å². The number of hydrogen-bond acceptors (Lipinski definition) is 4. The maximum atomic E-state index is 10.4. The number of nitrogens with two attached hydrogens (primary N) is 1. The largest absolute Gasteiger partial charge is 0.480 e. The highest BCUT2D eigenvalue weighted by Gasteiger charge is 2.26. The molecular formula is C14H20N2O4. The van der Waals surface area contributed by atoms with Crippen molar-refractivity contribution in [1.82, 2.24) is 5.32 Å². The molecule has 0 aliphatic carbocycles. The van der Waals surface area contributed by atoms with Gasteiger partial charge in [0.05, 0.1) is 6.10 Å². The van der Waals surface area contributed by atoms with E-state index < -0.39 is 18.1 Å². The van der Waals surface area contributed by atoms with Gasteiger partial charge in [-0.15, -0.1) is 0 Å². The summed E-state index contributed by atoms with van der Waals surface area (Å²) in [4.78, 5) is 20.5. The third-order valence-corrected chi connectivity index (χ3v) is 2.93. The molecule has 1 aliphatic heterocycles. The van der Waals surface area contributed by atoms with E-state index in [-0.39, 0.29) is 11.9 Å². The van der Waals surface area contributed by atoms with E-state index in [1.54, 1.807) is 6.92 Å². The van der Waals surface area contributed by atoms with Crippen LogP contribution in [0.1, 0.15) is 31.4 Å². The molecule has 5 N–H and O–H groups in total. The van der Waals surface area contributed by atoms with E-state index in [9.17, 15) is 14.7 Å². The third kappa shape index (κ3) is 4.99. The molecule has 0 radical (unpaired) electrons. The summed E-state index contributed by atoms with van der Waals surface area (Å²) in [5, 5.41) is 20.1. The normalized spacial score (nSPS) is 20.4. The zero-order chi connectivity index (χ0) is 15.1. The summed E-state index contributed by atoms with van der Waals surface area (Å²) in [7, 11) is 0. The Labute approximate surface area is 117 Å². The standard InChI is InChI=1S/C9H13NO.C5H7NO3/c1-7(10)9(11)8-5-3-2-4-6-8;7-4-2-1-3(6-4)5(8)9/h2-7,9,11H,10H2,1H3;3H,1-2H2,(H,6,7)(H,8,9)/t;3-/m.0/s1. The van der Waals surface area contributed by atoms with Gasteiger partial charge in [-0.2, -0.15) is 0 Å². The number of carboxylic acids is 1. The fourth-order valence-corrected chi connectivity index (χ4v) is 1.75. The second kappa shape index (κ2) is 7.62. The number of rotatable bonds is 3. The Morgan fingerprint density at radius 3 is 2.35 bits per heavy atom. The molecule has 0 aromatic heterocycles. The minimum absolute atomic E-state index is 0.164. The number of amides is 1. The predicted octanol–water partition coefficient (Wildman–Crippen LogP) is 0.417. The van der Waals surface area contributed by atoms with Crippen molar-refractivity contribution in [2.24, 2.45) is 5.73 Å². The molecule has 110 valence electrons. The van der Waals surface area contributed by atoms with E-state index in [0.717, 1.165) is 5.56 Å². The van der Waals surface area contributed by atoms with Crippen LogP contribution in [-0.2, 0) is 9.59 Å². The first-order chi connectivity index (χ1) is 9.41. The van der Waals surface area contributed by atoms with Gasteiger partial charge >= 0.3 is 5.97 Å². The number of hydrogen-bond donors (Lipinski definition) is 4. The molecule has 6 nitrogen and oxygen atoms in total. The number of aliphatic hydroxyl groups excluding tert-OH is 1. The summed E-state index contributed by atoms with van der Waals surface area (Å²) in [6, 6.07) is 8.58. The van der Waals surface area contributed by atoms with Crippen LogP contribution in [0.15, 0.2) is 30.3 Å². The Kier molecular flexibility index (Phi) is 6.14. The molecule has 20 heavy (non-hydrogen) atoms. The summed E-state index contributed by atoms with van der Waals surface area (Å²) < 4.78 is 0. The van der Waals surface area contributed by atoms with Gasteiger partial charge in [-0.05, 0) is 18.9 Å². The van der Waals surface area contributed by atoms with Gasteiger partial charge in [0.15, 0.2) is 0 Å². The van der Waals surface area contributed by atoms with Crippen LogP contribution >= 0.6 is 0 Å². The average Bonchev–Trinajstić information content (AvgIpc) is 2.86. The monoisotopic (exact) mass is 280 g/mol. The van der Waals surface area contributed by atoms with Crippen LogP contribution in [0.2, 0.25) is 0 Å². The van der Waals surface area contributed by atoms with Crippen molar-refractivity contribution in [3.8, 4) is 0 Å². The fraction of sp³-hybridized carbons (Fsp3) is 0.429. The zero-order valence-electron chi connectivity index (χ0n) is 11.3. The van der Waals surface area contributed by atoms with Crippen molar-refractivity contribution in [1.29, 1.82) is 0 Å². The maximum Gasteiger partial charge on any atom is 0.326 e. The average molecular weight is 280 g/mol. The van der Waals surface area contributed by atoms with Gasteiger partial charge in [0.25, 0.3) is 0 Å². The number of aliphatic carboxylic acids is 1. The van der Waals surface area contributed by atoms with Crippen LogP contribution in [0.25, 0.3) is 0 Å². The lowest BCUT2D eigenvalue weighted by Gasteiger charge is -2.13. The van der Waals surface area contributed by atoms with Crippen LogP contribution in [-0.4, -0.2) is 34.2 Å². The number of carboxylic acid groups (broad SMARTS) is 1. The summed E-state index contributed by atoms with van der Waals surface area (Å²) in [5.41, 5.74) is 6.40. The van der Waals surface area contributed by atoms with E-state index in [0.29, 0.717) is 12.8 Å². The molecular weight excluding hydrogens is 260 g/mol. The first kappa shape index (κ1) is 16.1. The van der Waals surface area contributed by atoms with Crippen molar-refractivity contribution in [3.63, 3.8) is 0 Å². The minimum Gasteiger partial charge on any atom is -0.480 e. The Morgan fingerprint density at radius 1 is 1.40 bits per heavy atom. The molecule has 1 aromatic rings. The molecule has 1 amide bonds. The molecule has 6 heteroatoms. The highest BCUT2D eigenvalue weighted by molar-refractivity contribution is 5.87. The highest BCUT2D eigenvalue weighted by atomic mass is 16.4. The summed E-state index contributed by atoms with van der Waals surface area (Å²) in [6.07, 6.45) is 0.224. The Balaban J connectivity index is 0.000000204. The van der Waals surface area contributed by atoms with Crippen LogP contribution in [0.3, 0.4) is 0 Å². The van der Waals surface area contributed by atoms with E-state index in [4.69, 9.17) is 10.8 Å². The fourth-order valence-electron chi connectivity index (χ4n) is 1.75. The van der Waals surface area contributed by atoms with Gasteiger partial charge in [0.2, 0.25) is 5.91 Å². The van der Waals surface area contributed by atoms with Crippen molar-refractivity contribution in [3.05, 3.63) is 35.9 Å². The van der Waals surface area contributed by atoms with Gasteiger partial charge in [-0.1, -0.05) is 30.3 Å². The molecule has 1 aromatic carbocycles. The Hall–Kier alpha value is -1.92. The lowest BCUT2D eigenvalue weighted by molar-refractivity contribution is -0.140. The topological polar surface area (TPSA) is 113 Å². The Morgan fingerprint density at radius 2 is 2.00 bits per heavy atom. The van der Waals surface area contributed by atoms with E-state index >= 15 is 0 Å². The molecule has 0 saturated carbocycles. The van der Waals surface area contributed by atoms with Gasteiger partial charge in [-0.25, -0.2) is 4.79 Å². The molecule has 3 atom stereocenters. The molecule has 1 aliphatic rings. The van der Waals surface area contributed by atoms with Crippen LogP contribution < -0.4 is 11.1 Å². The molecule has 2 rings (SSSR count). The minimum atomic E-state index is -0.944. The maximum absolute atomic E-state index is 10.4. The summed E-state index contributed by atoms with van der Waals surface area (Å²) in [5.74, 6) is -1.11. The number of benzene rings is 1. The zero-order valence-corrected chi connectivity index (χ0v) is 11.3. The number of nitrogens with one attached hydrogen (secondary N) is 1. The second-order valence-corrected chi connectivity index (χ2v) is 4.71. The van der Waals surface area contributed by atoms with Crippen LogP contribution in [0.5, 0.6) is 0 Å². The molecule has 2 unspecified atom stereocenters. The van der Waals surface area contributed by atoms with Crippen molar-refractivity contribution in [2.75, 3.05) is 0 Å². The second-order valence-electron chi connectivity index (χ2n) is 4.71. The van der Waals surface area contributed by atoms with Gasteiger partial charge in [0, 0.05) is 12.5 Å². The molecule has 1 fully saturated rings. The van der Waals surface area contributed by atoms with Crippen LogP contribution in [0, 0.1) is 0 Å². The lowest BCUT2D eigenvalue weighted by Crippen LogP contribution is -2.32. The predicted molar refractivity (Wildman–Crippen MR) is 73.9 cm³/mol.